The number of fused-ring (bicyclic) bond motifs is 1. The Morgan fingerprint density at radius 1 is 1.10 bits per heavy atom. The summed E-state index contributed by atoms with van der Waals surface area (Å²) in [6, 6.07) is 17.9. The van der Waals surface area contributed by atoms with E-state index in [9.17, 15) is 9.59 Å². The third-order valence-electron chi connectivity index (χ3n) is 5.18. The standard InChI is InChI=1S/C24H23N3O2S/c1-3-26(13-18-7-5-4-6-8-18)21(28)14-27-16-25-23-22(24(27)29)20(15-30-23)19-11-9-17(2)10-12-19/h4-12,15-16H,3,13-14H2,1-2H3. The van der Waals surface area contributed by atoms with E-state index in [0.717, 1.165) is 22.3 Å². The molecule has 0 saturated carbocycles. The van der Waals surface area contributed by atoms with Gasteiger partial charge in [0.1, 0.15) is 11.4 Å². The van der Waals surface area contributed by atoms with Gasteiger partial charge in [0.2, 0.25) is 5.91 Å². The quantitative estimate of drug-likeness (QED) is 0.465. The Labute approximate surface area is 179 Å². The second kappa shape index (κ2) is 8.63. The number of aryl methyl sites for hydroxylation is 1. The first-order valence-corrected chi connectivity index (χ1v) is 10.8. The van der Waals surface area contributed by atoms with E-state index in [1.165, 1.54) is 22.2 Å². The van der Waals surface area contributed by atoms with Crippen LogP contribution in [-0.2, 0) is 17.9 Å². The molecule has 1 amide bonds. The molecule has 0 aliphatic heterocycles. The van der Waals surface area contributed by atoms with Crippen LogP contribution in [0.3, 0.4) is 0 Å². The van der Waals surface area contributed by atoms with Crippen LogP contribution in [-0.4, -0.2) is 26.9 Å². The van der Waals surface area contributed by atoms with E-state index in [1.54, 1.807) is 4.90 Å². The largest absolute Gasteiger partial charge is 0.337 e. The number of hydrogen-bond acceptors (Lipinski definition) is 4. The highest BCUT2D eigenvalue weighted by Gasteiger charge is 2.17. The van der Waals surface area contributed by atoms with Gasteiger partial charge in [0.15, 0.2) is 0 Å². The predicted octanol–water partition coefficient (Wildman–Crippen LogP) is 4.48. The van der Waals surface area contributed by atoms with Crippen LogP contribution in [0.25, 0.3) is 21.3 Å². The molecule has 0 radical (unpaired) electrons. The van der Waals surface area contributed by atoms with Gasteiger partial charge in [-0.1, -0.05) is 60.2 Å². The topological polar surface area (TPSA) is 55.2 Å². The smallest absolute Gasteiger partial charge is 0.263 e. The summed E-state index contributed by atoms with van der Waals surface area (Å²) < 4.78 is 1.42. The zero-order valence-corrected chi connectivity index (χ0v) is 17.9. The van der Waals surface area contributed by atoms with Crippen molar-refractivity contribution in [3.8, 4) is 11.1 Å². The van der Waals surface area contributed by atoms with Crippen molar-refractivity contribution in [1.29, 1.82) is 0 Å². The van der Waals surface area contributed by atoms with Crippen LogP contribution >= 0.6 is 11.3 Å². The normalized spacial score (nSPS) is 11.0. The number of rotatable bonds is 6. The molecule has 0 N–H and O–H groups in total. The maximum atomic E-state index is 13.2. The van der Waals surface area contributed by atoms with E-state index in [-0.39, 0.29) is 18.0 Å². The van der Waals surface area contributed by atoms with E-state index in [2.05, 4.69) is 4.98 Å². The average molecular weight is 418 g/mol. The van der Waals surface area contributed by atoms with Gasteiger partial charge in [0, 0.05) is 24.0 Å². The molecule has 0 spiro atoms. The zero-order valence-electron chi connectivity index (χ0n) is 17.0. The van der Waals surface area contributed by atoms with E-state index in [0.29, 0.717) is 23.3 Å². The number of carbonyl (C=O) groups excluding carboxylic acids is 1. The lowest BCUT2D eigenvalue weighted by atomic mass is 10.1. The van der Waals surface area contributed by atoms with E-state index < -0.39 is 0 Å². The molecule has 0 unspecified atom stereocenters. The van der Waals surface area contributed by atoms with Gasteiger partial charge in [0.05, 0.1) is 11.7 Å². The number of benzene rings is 2. The molecule has 2 aromatic heterocycles. The fraction of sp³-hybridized carbons (Fsp3) is 0.208. The number of amides is 1. The van der Waals surface area contributed by atoms with Gasteiger partial charge >= 0.3 is 0 Å². The Hall–Kier alpha value is -3.25. The Kier molecular flexibility index (Phi) is 5.77. The molecule has 2 aromatic carbocycles. The fourth-order valence-corrected chi connectivity index (χ4v) is 4.36. The third kappa shape index (κ3) is 4.04. The first-order chi connectivity index (χ1) is 14.6. The molecule has 0 aliphatic rings. The summed E-state index contributed by atoms with van der Waals surface area (Å²) in [7, 11) is 0. The molecule has 2 heterocycles. The van der Waals surface area contributed by atoms with Crippen molar-refractivity contribution in [2.45, 2.75) is 26.9 Å². The molecule has 30 heavy (non-hydrogen) atoms. The molecule has 0 aliphatic carbocycles. The van der Waals surface area contributed by atoms with E-state index in [4.69, 9.17) is 0 Å². The van der Waals surface area contributed by atoms with Crippen molar-refractivity contribution in [2.24, 2.45) is 0 Å². The molecule has 4 aromatic rings. The van der Waals surface area contributed by atoms with Crippen LogP contribution in [0.5, 0.6) is 0 Å². The highest BCUT2D eigenvalue weighted by Crippen LogP contribution is 2.30. The van der Waals surface area contributed by atoms with Crippen molar-refractivity contribution >= 4 is 27.5 Å². The molecule has 0 saturated heterocycles. The summed E-state index contributed by atoms with van der Waals surface area (Å²) in [6.07, 6.45) is 1.48. The average Bonchev–Trinajstić information content (AvgIpc) is 3.20. The summed E-state index contributed by atoms with van der Waals surface area (Å²) in [6.45, 7) is 5.05. The zero-order chi connectivity index (χ0) is 21.1. The molecule has 6 heteroatoms. The monoisotopic (exact) mass is 417 g/mol. The van der Waals surface area contributed by atoms with Gasteiger partial charge in [-0.25, -0.2) is 4.98 Å². The Morgan fingerprint density at radius 3 is 2.53 bits per heavy atom. The van der Waals surface area contributed by atoms with Crippen LogP contribution < -0.4 is 5.56 Å². The molecule has 152 valence electrons. The summed E-state index contributed by atoms with van der Waals surface area (Å²) >= 11 is 1.45. The van der Waals surface area contributed by atoms with E-state index in [1.807, 2.05) is 73.8 Å². The second-order valence-corrected chi connectivity index (χ2v) is 8.12. The van der Waals surface area contributed by atoms with Crippen molar-refractivity contribution in [1.82, 2.24) is 14.5 Å². The first-order valence-electron chi connectivity index (χ1n) is 9.92. The lowest BCUT2D eigenvalue weighted by molar-refractivity contribution is -0.132. The van der Waals surface area contributed by atoms with Gasteiger partial charge in [-0.3, -0.25) is 14.2 Å². The lowest BCUT2D eigenvalue weighted by Gasteiger charge is -2.21. The number of hydrogen-bond donors (Lipinski definition) is 0. The predicted molar refractivity (Wildman–Crippen MR) is 122 cm³/mol. The summed E-state index contributed by atoms with van der Waals surface area (Å²) in [5, 5.41) is 2.54. The van der Waals surface area contributed by atoms with Gasteiger partial charge in [-0.2, -0.15) is 0 Å². The molecule has 0 fully saturated rings. The summed E-state index contributed by atoms with van der Waals surface area (Å²) in [5.74, 6) is -0.100. The van der Waals surface area contributed by atoms with Gasteiger partial charge in [0.25, 0.3) is 5.56 Å². The number of aromatic nitrogens is 2. The second-order valence-electron chi connectivity index (χ2n) is 7.27. The van der Waals surface area contributed by atoms with Crippen LogP contribution in [0.1, 0.15) is 18.1 Å². The van der Waals surface area contributed by atoms with Crippen molar-refractivity contribution in [3.05, 3.63) is 87.8 Å². The summed E-state index contributed by atoms with van der Waals surface area (Å²) in [5.41, 5.74) is 3.89. The molecular formula is C24H23N3O2S. The maximum absolute atomic E-state index is 13.2. The number of nitrogens with zero attached hydrogens (tertiary/aromatic N) is 3. The van der Waals surface area contributed by atoms with Gasteiger partial charge in [-0.05, 0) is 25.0 Å². The van der Waals surface area contributed by atoms with Crippen LogP contribution in [0, 0.1) is 6.92 Å². The minimum absolute atomic E-state index is 0.0222. The first kappa shape index (κ1) is 20.0. The molecule has 5 nitrogen and oxygen atoms in total. The fourth-order valence-electron chi connectivity index (χ4n) is 3.45. The molecule has 4 rings (SSSR count). The third-order valence-corrected chi connectivity index (χ3v) is 6.07. The lowest BCUT2D eigenvalue weighted by Crippen LogP contribution is -2.36. The van der Waals surface area contributed by atoms with Crippen LogP contribution in [0.15, 0.2) is 71.1 Å². The van der Waals surface area contributed by atoms with Crippen molar-refractivity contribution < 1.29 is 4.79 Å². The highest BCUT2D eigenvalue weighted by molar-refractivity contribution is 7.17. The number of thiophene rings is 1. The van der Waals surface area contributed by atoms with Crippen molar-refractivity contribution in [3.63, 3.8) is 0 Å². The minimum atomic E-state index is -0.180. The van der Waals surface area contributed by atoms with E-state index >= 15 is 0 Å². The minimum Gasteiger partial charge on any atom is -0.337 e. The highest BCUT2D eigenvalue weighted by atomic mass is 32.1. The SMILES string of the molecule is CCN(Cc1ccccc1)C(=O)Cn1cnc2scc(-c3ccc(C)cc3)c2c1=O. The van der Waals surface area contributed by atoms with Crippen LogP contribution in [0.2, 0.25) is 0 Å². The Morgan fingerprint density at radius 2 is 1.83 bits per heavy atom. The number of likely N-dealkylation sites (N-methyl/N-ethyl adjacent to an activating group) is 1. The Balaban J connectivity index is 1.63. The maximum Gasteiger partial charge on any atom is 0.263 e. The number of carbonyl (C=O) groups is 1. The molecule has 0 bridgehead atoms. The summed E-state index contributed by atoms with van der Waals surface area (Å²) in [4.78, 5) is 33.0. The van der Waals surface area contributed by atoms with Crippen molar-refractivity contribution in [2.75, 3.05) is 6.54 Å². The van der Waals surface area contributed by atoms with Gasteiger partial charge < -0.3 is 4.90 Å². The van der Waals surface area contributed by atoms with Crippen LogP contribution in [0.4, 0.5) is 0 Å². The molecular weight excluding hydrogens is 394 g/mol. The molecule has 0 atom stereocenters. The Bertz CT molecular complexity index is 1230. The van der Waals surface area contributed by atoms with Gasteiger partial charge in [-0.15, -0.1) is 11.3 Å².